The van der Waals surface area contributed by atoms with Crippen LogP contribution in [-0.4, -0.2) is 63.4 Å². The van der Waals surface area contributed by atoms with Gasteiger partial charge in [-0.25, -0.2) is 9.97 Å². The number of anilines is 2. The Hall–Kier alpha value is -2.49. The summed E-state index contributed by atoms with van der Waals surface area (Å²) in [5, 5.41) is 7.23. The van der Waals surface area contributed by atoms with Crippen LogP contribution >= 0.6 is 11.8 Å². The fraction of sp³-hybridized carbons (Fsp3) is 0.400. The Morgan fingerprint density at radius 3 is 2.66 bits per heavy atom. The number of amides is 1. The Morgan fingerprint density at radius 1 is 1.24 bits per heavy atom. The first-order valence-electron chi connectivity index (χ1n) is 9.67. The summed E-state index contributed by atoms with van der Waals surface area (Å²) in [7, 11) is 0. The number of primary amides is 1. The minimum atomic E-state index is -0.570. The van der Waals surface area contributed by atoms with Crippen LogP contribution in [0.5, 0.6) is 0 Å². The van der Waals surface area contributed by atoms with E-state index in [1.807, 2.05) is 6.07 Å². The largest absolute Gasteiger partial charge is 0.368 e. The highest BCUT2D eigenvalue weighted by atomic mass is 32.2. The van der Waals surface area contributed by atoms with Crippen molar-refractivity contribution in [2.75, 3.05) is 31.5 Å². The number of carbonyl (C=O) groups excluding carboxylic acids is 1. The molecule has 0 aliphatic carbocycles. The van der Waals surface area contributed by atoms with E-state index in [4.69, 9.17) is 5.73 Å². The highest BCUT2D eigenvalue weighted by molar-refractivity contribution is 8.15. The van der Waals surface area contributed by atoms with Crippen LogP contribution in [0.4, 0.5) is 11.6 Å². The fourth-order valence-electron chi connectivity index (χ4n) is 3.65. The lowest BCUT2D eigenvalue weighted by Gasteiger charge is -2.33. The predicted molar refractivity (Wildman–Crippen MR) is 117 cm³/mol. The molecule has 8 nitrogen and oxygen atoms in total. The zero-order chi connectivity index (χ0) is 20.4. The number of aryl methyl sites for hydroxylation is 2. The number of aliphatic imine (C=N–C) groups is 1. The molecule has 1 aromatic carbocycles. The van der Waals surface area contributed by atoms with E-state index < -0.39 is 11.9 Å². The van der Waals surface area contributed by atoms with Crippen LogP contribution in [0.1, 0.15) is 16.8 Å². The molecule has 2 atom stereocenters. The second-order valence-electron chi connectivity index (χ2n) is 7.34. The van der Waals surface area contributed by atoms with Crippen molar-refractivity contribution in [3.63, 3.8) is 0 Å². The van der Waals surface area contributed by atoms with Crippen molar-refractivity contribution in [3.05, 3.63) is 47.3 Å². The van der Waals surface area contributed by atoms with Crippen LogP contribution in [0, 0.1) is 13.8 Å². The summed E-state index contributed by atoms with van der Waals surface area (Å²) >= 11 is 1.56. The summed E-state index contributed by atoms with van der Waals surface area (Å²) < 4.78 is 0. The van der Waals surface area contributed by atoms with Gasteiger partial charge in [0.2, 0.25) is 11.9 Å². The topological polar surface area (TPSA) is 109 Å². The number of nitrogens with two attached hydrogens (primary N) is 1. The van der Waals surface area contributed by atoms with E-state index in [9.17, 15) is 4.79 Å². The van der Waals surface area contributed by atoms with Gasteiger partial charge in [0, 0.05) is 38.1 Å². The predicted octanol–water partition coefficient (Wildman–Crippen LogP) is 1.42. The Kier molecular flexibility index (Phi) is 5.79. The zero-order valence-electron chi connectivity index (χ0n) is 16.6. The van der Waals surface area contributed by atoms with Crippen LogP contribution in [0.15, 0.2) is 35.5 Å². The van der Waals surface area contributed by atoms with Gasteiger partial charge in [-0.05, 0) is 43.2 Å². The maximum atomic E-state index is 12.0. The number of aromatic nitrogens is 2. The molecule has 4 N–H and O–H groups in total. The van der Waals surface area contributed by atoms with E-state index in [2.05, 4.69) is 62.5 Å². The molecule has 2 unspecified atom stereocenters. The first-order chi connectivity index (χ1) is 14.0. The van der Waals surface area contributed by atoms with Crippen molar-refractivity contribution in [1.82, 2.24) is 20.2 Å². The molecule has 2 aromatic rings. The van der Waals surface area contributed by atoms with E-state index >= 15 is 0 Å². The van der Waals surface area contributed by atoms with Crippen LogP contribution in [0.3, 0.4) is 0 Å². The Balaban J connectivity index is 1.55. The molecule has 1 amide bonds. The highest BCUT2D eigenvalue weighted by Crippen LogP contribution is 2.33. The quantitative estimate of drug-likeness (QED) is 0.683. The summed E-state index contributed by atoms with van der Waals surface area (Å²) in [5.41, 5.74) is 9.62. The number of thioether (sulfide) groups is 1. The van der Waals surface area contributed by atoms with Gasteiger partial charge in [0.05, 0.1) is 5.37 Å². The van der Waals surface area contributed by atoms with E-state index in [1.165, 1.54) is 11.1 Å². The molecule has 0 bridgehead atoms. The fourth-order valence-corrected chi connectivity index (χ4v) is 4.98. The number of piperazine rings is 1. The number of hydrogen-bond donors (Lipinski definition) is 3. The number of rotatable bonds is 5. The van der Waals surface area contributed by atoms with Gasteiger partial charge in [-0.3, -0.25) is 14.7 Å². The average Bonchev–Trinajstić information content (AvgIpc) is 3.14. The molecule has 2 aliphatic heterocycles. The maximum absolute atomic E-state index is 12.0. The normalized spacial score (nSPS) is 22.3. The number of hydrogen-bond acceptors (Lipinski definition) is 8. The average molecular weight is 412 g/mol. The third-order valence-electron chi connectivity index (χ3n) is 4.91. The standard InChI is InChI=1S/C20H25N7OS/c1-12-9-13(2)11-14(10-12)24-20-23-4-3-15(25-20)18-26-16(17(21)28)19(29-18)27-7-5-22-6-8-27/h3-4,9-11,16,19,22H,5-8H2,1-2H3,(H2,21,28)(H,23,24,25). The summed E-state index contributed by atoms with van der Waals surface area (Å²) in [4.78, 5) is 27.9. The summed E-state index contributed by atoms with van der Waals surface area (Å²) in [6, 6.07) is 7.46. The van der Waals surface area contributed by atoms with Crippen LogP contribution in [0.2, 0.25) is 0 Å². The number of carbonyl (C=O) groups is 1. The second-order valence-corrected chi connectivity index (χ2v) is 8.45. The summed E-state index contributed by atoms with van der Waals surface area (Å²) in [5.74, 6) is 0.0933. The first-order valence-corrected chi connectivity index (χ1v) is 10.5. The van der Waals surface area contributed by atoms with Crippen molar-refractivity contribution < 1.29 is 4.79 Å². The lowest BCUT2D eigenvalue weighted by molar-refractivity contribution is -0.119. The Labute approximate surface area is 174 Å². The van der Waals surface area contributed by atoms with Gasteiger partial charge in [0.1, 0.15) is 10.7 Å². The van der Waals surface area contributed by atoms with Gasteiger partial charge >= 0.3 is 0 Å². The van der Waals surface area contributed by atoms with Crippen molar-refractivity contribution in [2.24, 2.45) is 10.7 Å². The molecule has 0 saturated carbocycles. The van der Waals surface area contributed by atoms with Crippen LogP contribution in [-0.2, 0) is 4.79 Å². The zero-order valence-corrected chi connectivity index (χ0v) is 17.4. The molecule has 29 heavy (non-hydrogen) atoms. The SMILES string of the molecule is Cc1cc(C)cc(Nc2nccc(C3=NC(C(N)=O)C(N4CCNCC4)S3)n2)c1. The number of benzene rings is 1. The first kappa shape index (κ1) is 19.8. The van der Waals surface area contributed by atoms with Gasteiger partial charge in [-0.1, -0.05) is 17.8 Å². The van der Waals surface area contributed by atoms with Gasteiger partial charge < -0.3 is 16.4 Å². The van der Waals surface area contributed by atoms with Gasteiger partial charge in [-0.15, -0.1) is 0 Å². The van der Waals surface area contributed by atoms with Gasteiger partial charge in [0.25, 0.3) is 0 Å². The van der Waals surface area contributed by atoms with E-state index in [1.54, 1.807) is 18.0 Å². The van der Waals surface area contributed by atoms with Crippen molar-refractivity contribution in [1.29, 1.82) is 0 Å². The second kappa shape index (κ2) is 8.48. The molecule has 4 rings (SSSR count). The smallest absolute Gasteiger partial charge is 0.244 e. The summed E-state index contributed by atoms with van der Waals surface area (Å²) in [6.07, 6.45) is 1.70. The minimum Gasteiger partial charge on any atom is -0.368 e. The molecule has 0 spiro atoms. The Morgan fingerprint density at radius 2 is 1.97 bits per heavy atom. The lowest BCUT2D eigenvalue weighted by Crippen LogP contribution is -2.52. The molecule has 1 saturated heterocycles. The third kappa shape index (κ3) is 4.58. The highest BCUT2D eigenvalue weighted by Gasteiger charge is 2.39. The van der Waals surface area contributed by atoms with Gasteiger partial charge in [-0.2, -0.15) is 0 Å². The number of nitrogens with one attached hydrogen (secondary N) is 2. The van der Waals surface area contributed by atoms with E-state index in [0.29, 0.717) is 11.6 Å². The summed E-state index contributed by atoms with van der Waals surface area (Å²) in [6.45, 7) is 7.64. The van der Waals surface area contributed by atoms with Crippen LogP contribution < -0.4 is 16.4 Å². The van der Waals surface area contributed by atoms with Gasteiger partial charge in [0.15, 0.2) is 6.04 Å². The molecule has 3 heterocycles. The number of nitrogens with zero attached hydrogens (tertiary/aromatic N) is 4. The van der Waals surface area contributed by atoms with Crippen LogP contribution in [0.25, 0.3) is 0 Å². The molecular weight excluding hydrogens is 386 g/mol. The molecular formula is C20H25N7OS. The van der Waals surface area contributed by atoms with Crippen molar-refractivity contribution in [3.8, 4) is 0 Å². The molecule has 0 radical (unpaired) electrons. The van der Waals surface area contributed by atoms with E-state index in [-0.39, 0.29) is 5.37 Å². The van der Waals surface area contributed by atoms with Crippen molar-refractivity contribution >= 4 is 34.3 Å². The Bertz CT molecular complexity index is 922. The molecule has 1 aromatic heterocycles. The van der Waals surface area contributed by atoms with E-state index in [0.717, 1.165) is 36.9 Å². The third-order valence-corrected chi connectivity index (χ3v) is 6.25. The monoisotopic (exact) mass is 411 g/mol. The molecule has 1 fully saturated rings. The maximum Gasteiger partial charge on any atom is 0.244 e. The molecule has 152 valence electrons. The van der Waals surface area contributed by atoms with Crippen molar-refractivity contribution in [2.45, 2.75) is 25.3 Å². The molecule has 9 heteroatoms. The molecule has 2 aliphatic rings. The lowest BCUT2D eigenvalue weighted by atomic mass is 10.1. The minimum absolute atomic E-state index is 0.0876.